The highest BCUT2D eigenvalue weighted by Gasteiger charge is 2.20. The molecule has 0 unspecified atom stereocenters. The number of aromatic nitrogens is 2. The summed E-state index contributed by atoms with van der Waals surface area (Å²) in [4.78, 5) is 20.3. The van der Waals surface area contributed by atoms with E-state index in [2.05, 4.69) is 19.9 Å². The second kappa shape index (κ2) is 8.55. The van der Waals surface area contributed by atoms with Crippen molar-refractivity contribution in [2.24, 2.45) is 0 Å². The van der Waals surface area contributed by atoms with Crippen molar-refractivity contribution in [1.29, 1.82) is 0 Å². The second-order valence-electron chi connectivity index (χ2n) is 7.44. The number of piperazine rings is 1. The minimum Gasteiger partial charge on any atom is -0.478 e. The topological polar surface area (TPSA) is 82.7 Å². The molecule has 1 saturated heterocycles. The first-order valence-corrected chi connectivity index (χ1v) is 9.73. The van der Waals surface area contributed by atoms with Crippen LogP contribution in [-0.2, 0) is 13.1 Å². The molecule has 150 valence electrons. The van der Waals surface area contributed by atoms with Gasteiger partial charge in [-0.15, -0.1) is 0 Å². The fourth-order valence-corrected chi connectivity index (χ4v) is 3.50. The van der Waals surface area contributed by atoms with Crippen LogP contribution in [0.25, 0.3) is 11.4 Å². The van der Waals surface area contributed by atoms with Gasteiger partial charge in [-0.3, -0.25) is 9.80 Å². The number of aryl methyl sites for hydroxylation is 1. The van der Waals surface area contributed by atoms with Gasteiger partial charge in [-0.05, 0) is 24.6 Å². The number of rotatable bonds is 6. The number of carboxylic acid groups (broad SMARTS) is 1. The molecule has 3 aromatic rings. The Morgan fingerprint density at radius 3 is 2.41 bits per heavy atom. The molecule has 2 aromatic carbocycles. The summed E-state index contributed by atoms with van der Waals surface area (Å²) in [6.07, 6.45) is 0. The predicted molar refractivity (Wildman–Crippen MR) is 108 cm³/mol. The molecule has 7 heteroatoms. The van der Waals surface area contributed by atoms with E-state index in [4.69, 9.17) is 9.63 Å². The van der Waals surface area contributed by atoms with E-state index in [1.807, 2.05) is 37.3 Å². The maximum absolute atomic E-state index is 11.1. The minimum absolute atomic E-state index is 0.335. The molecule has 1 aliphatic heterocycles. The third-order valence-corrected chi connectivity index (χ3v) is 5.18. The van der Waals surface area contributed by atoms with Gasteiger partial charge >= 0.3 is 5.97 Å². The highest BCUT2D eigenvalue weighted by Crippen LogP contribution is 2.18. The van der Waals surface area contributed by atoms with Gasteiger partial charge in [0.2, 0.25) is 11.7 Å². The first-order valence-electron chi connectivity index (χ1n) is 9.73. The normalized spacial score (nSPS) is 15.5. The van der Waals surface area contributed by atoms with Gasteiger partial charge in [0.05, 0.1) is 12.1 Å². The Kier molecular flexibility index (Phi) is 5.69. The van der Waals surface area contributed by atoms with E-state index in [1.165, 1.54) is 5.56 Å². The summed E-state index contributed by atoms with van der Waals surface area (Å²) in [6, 6.07) is 15.2. The number of hydrogen-bond donors (Lipinski definition) is 1. The summed E-state index contributed by atoms with van der Waals surface area (Å²) in [5, 5.41) is 13.2. The quantitative estimate of drug-likeness (QED) is 0.690. The van der Waals surface area contributed by atoms with Crippen molar-refractivity contribution in [3.63, 3.8) is 0 Å². The first-order chi connectivity index (χ1) is 14.1. The van der Waals surface area contributed by atoms with Gasteiger partial charge in [0.25, 0.3) is 0 Å². The Bertz CT molecular complexity index is 976. The summed E-state index contributed by atoms with van der Waals surface area (Å²) in [7, 11) is 0. The molecular weight excluding hydrogens is 368 g/mol. The molecule has 1 aliphatic rings. The zero-order valence-electron chi connectivity index (χ0n) is 16.4. The van der Waals surface area contributed by atoms with Crippen molar-refractivity contribution >= 4 is 5.97 Å². The lowest BCUT2D eigenvalue weighted by Crippen LogP contribution is -2.45. The summed E-state index contributed by atoms with van der Waals surface area (Å²) in [5.74, 6) is 0.362. The van der Waals surface area contributed by atoms with Gasteiger partial charge in [-0.25, -0.2) is 4.79 Å². The van der Waals surface area contributed by atoms with Crippen LogP contribution in [0.15, 0.2) is 53.1 Å². The molecular formula is C22H24N4O3. The van der Waals surface area contributed by atoms with Crippen LogP contribution in [0.4, 0.5) is 0 Å². The number of hydrogen-bond acceptors (Lipinski definition) is 6. The fraction of sp³-hybridized carbons (Fsp3) is 0.318. The van der Waals surface area contributed by atoms with E-state index in [0.717, 1.165) is 43.9 Å². The Hall–Kier alpha value is -3.03. The zero-order chi connectivity index (χ0) is 20.2. The molecule has 0 atom stereocenters. The van der Waals surface area contributed by atoms with Crippen LogP contribution in [0.2, 0.25) is 0 Å². The number of carboxylic acids is 1. The predicted octanol–water partition coefficient (Wildman–Crippen LogP) is 3.06. The Labute approximate surface area is 169 Å². The summed E-state index contributed by atoms with van der Waals surface area (Å²) >= 11 is 0. The monoisotopic (exact) mass is 392 g/mol. The Balaban J connectivity index is 1.30. The standard InChI is InChI=1S/C22H24N4O3/c1-16-5-7-18(8-6-16)21-23-20(29-24-21)15-26-11-9-25(10-12-26)14-17-3-2-4-19(13-17)22(27)28/h2-8,13H,9-12,14-15H2,1H3,(H,27,28). The molecule has 7 nitrogen and oxygen atoms in total. The lowest BCUT2D eigenvalue weighted by atomic mass is 10.1. The molecule has 1 fully saturated rings. The SMILES string of the molecule is Cc1ccc(-c2noc(CN3CCN(Cc4cccc(C(=O)O)c4)CC3)n2)cc1. The van der Waals surface area contributed by atoms with E-state index in [-0.39, 0.29) is 0 Å². The maximum Gasteiger partial charge on any atom is 0.335 e. The second-order valence-corrected chi connectivity index (χ2v) is 7.44. The molecule has 0 saturated carbocycles. The Morgan fingerprint density at radius 1 is 1.03 bits per heavy atom. The van der Waals surface area contributed by atoms with E-state index >= 15 is 0 Å². The molecule has 0 aliphatic carbocycles. The highest BCUT2D eigenvalue weighted by atomic mass is 16.5. The molecule has 0 radical (unpaired) electrons. The van der Waals surface area contributed by atoms with Crippen LogP contribution in [0, 0.1) is 6.92 Å². The fourth-order valence-electron chi connectivity index (χ4n) is 3.50. The van der Waals surface area contributed by atoms with Gasteiger partial charge in [0.1, 0.15) is 0 Å². The zero-order valence-corrected chi connectivity index (χ0v) is 16.4. The van der Waals surface area contributed by atoms with Gasteiger partial charge < -0.3 is 9.63 Å². The maximum atomic E-state index is 11.1. The number of benzene rings is 2. The van der Waals surface area contributed by atoms with Crippen LogP contribution in [-0.4, -0.2) is 57.2 Å². The van der Waals surface area contributed by atoms with Crippen molar-refractivity contribution < 1.29 is 14.4 Å². The summed E-state index contributed by atoms with van der Waals surface area (Å²) in [6.45, 7) is 7.08. The van der Waals surface area contributed by atoms with Crippen LogP contribution in [0.5, 0.6) is 0 Å². The molecule has 0 amide bonds. The smallest absolute Gasteiger partial charge is 0.335 e. The van der Waals surface area contributed by atoms with Gasteiger partial charge in [0, 0.05) is 38.3 Å². The largest absolute Gasteiger partial charge is 0.478 e. The van der Waals surface area contributed by atoms with Crippen molar-refractivity contribution in [2.75, 3.05) is 26.2 Å². The van der Waals surface area contributed by atoms with E-state index in [1.54, 1.807) is 18.2 Å². The van der Waals surface area contributed by atoms with Crippen molar-refractivity contribution in [2.45, 2.75) is 20.0 Å². The molecule has 4 rings (SSSR count). The van der Waals surface area contributed by atoms with Gasteiger partial charge in [-0.2, -0.15) is 4.98 Å². The minimum atomic E-state index is -0.888. The molecule has 29 heavy (non-hydrogen) atoms. The van der Waals surface area contributed by atoms with Gasteiger partial charge in [0.15, 0.2) is 0 Å². The van der Waals surface area contributed by atoms with Gasteiger partial charge in [-0.1, -0.05) is 47.1 Å². The molecule has 1 N–H and O–H groups in total. The molecule has 1 aromatic heterocycles. The molecule has 2 heterocycles. The number of carbonyl (C=O) groups is 1. The highest BCUT2D eigenvalue weighted by molar-refractivity contribution is 5.87. The lowest BCUT2D eigenvalue weighted by Gasteiger charge is -2.33. The van der Waals surface area contributed by atoms with Crippen LogP contribution in [0.3, 0.4) is 0 Å². The van der Waals surface area contributed by atoms with Crippen LogP contribution in [0.1, 0.15) is 27.4 Å². The van der Waals surface area contributed by atoms with Crippen molar-refractivity contribution in [1.82, 2.24) is 19.9 Å². The number of nitrogens with zero attached hydrogens (tertiary/aromatic N) is 4. The van der Waals surface area contributed by atoms with Crippen LogP contribution >= 0.6 is 0 Å². The summed E-state index contributed by atoms with van der Waals surface area (Å²) < 4.78 is 5.44. The van der Waals surface area contributed by atoms with Crippen molar-refractivity contribution in [3.8, 4) is 11.4 Å². The van der Waals surface area contributed by atoms with Crippen molar-refractivity contribution in [3.05, 3.63) is 71.1 Å². The van der Waals surface area contributed by atoms with E-state index in [0.29, 0.717) is 23.8 Å². The average molecular weight is 392 g/mol. The Morgan fingerprint density at radius 2 is 1.72 bits per heavy atom. The van der Waals surface area contributed by atoms with E-state index in [9.17, 15) is 4.79 Å². The molecule has 0 bridgehead atoms. The van der Waals surface area contributed by atoms with Crippen LogP contribution < -0.4 is 0 Å². The third kappa shape index (κ3) is 4.88. The number of aromatic carboxylic acids is 1. The average Bonchev–Trinajstić information content (AvgIpc) is 3.19. The molecule has 0 spiro atoms. The summed E-state index contributed by atoms with van der Waals surface area (Å²) in [5.41, 5.74) is 3.52. The lowest BCUT2D eigenvalue weighted by molar-refractivity contribution is 0.0696. The van der Waals surface area contributed by atoms with E-state index < -0.39 is 5.97 Å². The first kappa shape index (κ1) is 19.3. The third-order valence-electron chi connectivity index (χ3n) is 5.18.